The quantitative estimate of drug-likeness (QED) is 0.882. The van der Waals surface area contributed by atoms with Gasteiger partial charge in [0.1, 0.15) is 0 Å². The van der Waals surface area contributed by atoms with E-state index in [0.717, 1.165) is 49.2 Å². The number of hydrogen-bond acceptors (Lipinski definition) is 2. The van der Waals surface area contributed by atoms with E-state index in [1.54, 1.807) is 6.92 Å². The average molecular weight is 350 g/mol. The van der Waals surface area contributed by atoms with Crippen LogP contribution in [0.5, 0.6) is 0 Å². The molecule has 1 heterocycles. The Bertz CT molecular complexity index is 796. The Labute approximate surface area is 155 Å². The van der Waals surface area contributed by atoms with Gasteiger partial charge in [0.05, 0.1) is 0 Å². The van der Waals surface area contributed by atoms with Gasteiger partial charge in [-0.15, -0.1) is 0 Å². The Balaban J connectivity index is 1.60. The second-order valence-electron chi connectivity index (χ2n) is 6.84. The largest absolute Gasteiger partial charge is 0.326 e. The lowest BCUT2D eigenvalue weighted by Crippen LogP contribution is -2.33. The van der Waals surface area contributed by atoms with Crippen LogP contribution in [0, 0.1) is 0 Å². The number of carbonyl (C=O) groups is 2. The number of nitrogens with zero attached hydrogens (tertiary/aromatic N) is 1. The van der Waals surface area contributed by atoms with E-state index in [1.165, 1.54) is 11.1 Å². The predicted octanol–water partition coefficient (Wildman–Crippen LogP) is 4.12. The van der Waals surface area contributed by atoms with Crippen molar-refractivity contribution in [2.24, 2.45) is 0 Å². The number of rotatable bonds is 5. The van der Waals surface area contributed by atoms with Gasteiger partial charge in [0, 0.05) is 31.3 Å². The normalized spacial score (nSPS) is 13.2. The molecule has 4 heteroatoms. The van der Waals surface area contributed by atoms with Gasteiger partial charge >= 0.3 is 0 Å². The van der Waals surface area contributed by atoms with Crippen molar-refractivity contribution in [3.05, 3.63) is 59.2 Å². The van der Waals surface area contributed by atoms with Crippen molar-refractivity contribution in [1.29, 1.82) is 0 Å². The Morgan fingerprint density at radius 1 is 1.08 bits per heavy atom. The van der Waals surface area contributed by atoms with E-state index in [9.17, 15) is 9.59 Å². The molecule has 0 saturated carbocycles. The monoisotopic (exact) mass is 350 g/mol. The summed E-state index contributed by atoms with van der Waals surface area (Å²) in [6.45, 7) is 4.50. The number of amides is 2. The molecule has 0 bridgehead atoms. The second kappa shape index (κ2) is 8.17. The van der Waals surface area contributed by atoms with Crippen LogP contribution in [0.15, 0.2) is 42.5 Å². The molecule has 0 saturated heterocycles. The standard InChI is InChI=1S/C22H26N2O2/c1-3-17-6-8-18(9-7-17)10-13-22(26)23-20-11-12-21-19(15-20)5-4-14-24(21)16(2)25/h6-9,11-12,15H,3-5,10,13-14H2,1-2H3,(H,23,26). The van der Waals surface area contributed by atoms with Crippen molar-refractivity contribution in [2.45, 2.75) is 46.0 Å². The van der Waals surface area contributed by atoms with Crippen LogP contribution in [0.1, 0.15) is 43.4 Å². The Hall–Kier alpha value is -2.62. The molecule has 0 aliphatic carbocycles. The zero-order valence-corrected chi connectivity index (χ0v) is 15.5. The number of carbonyl (C=O) groups excluding carboxylic acids is 2. The first-order valence-corrected chi connectivity index (χ1v) is 9.35. The maximum Gasteiger partial charge on any atom is 0.224 e. The summed E-state index contributed by atoms with van der Waals surface area (Å²) < 4.78 is 0. The summed E-state index contributed by atoms with van der Waals surface area (Å²) in [5, 5.41) is 2.99. The van der Waals surface area contributed by atoms with E-state index < -0.39 is 0 Å². The van der Waals surface area contributed by atoms with Gasteiger partial charge in [0.25, 0.3) is 0 Å². The molecule has 4 nitrogen and oxygen atoms in total. The SMILES string of the molecule is CCc1ccc(CCC(=O)Nc2ccc3c(c2)CCCN3C(C)=O)cc1. The van der Waals surface area contributed by atoms with Crippen LogP contribution < -0.4 is 10.2 Å². The van der Waals surface area contributed by atoms with E-state index in [2.05, 4.69) is 36.5 Å². The molecule has 2 aromatic rings. The summed E-state index contributed by atoms with van der Waals surface area (Å²) in [4.78, 5) is 25.8. The summed E-state index contributed by atoms with van der Waals surface area (Å²) >= 11 is 0. The van der Waals surface area contributed by atoms with Crippen molar-refractivity contribution in [1.82, 2.24) is 0 Å². The first-order valence-electron chi connectivity index (χ1n) is 9.35. The van der Waals surface area contributed by atoms with Gasteiger partial charge in [0.15, 0.2) is 0 Å². The van der Waals surface area contributed by atoms with Gasteiger partial charge in [-0.3, -0.25) is 9.59 Å². The molecule has 0 aromatic heterocycles. The third kappa shape index (κ3) is 4.31. The fraction of sp³-hybridized carbons (Fsp3) is 0.364. The fourth-order valence-corrected chi connectivity index (χ4v) is 3.42. The van der Waals surface area contributed by atoms with Crippen LogP contribution in [0.2, 0.25) is 0 Å². The lowest BCUT2D eigenvalue weighted by molar-refractivity contribution is -0.117. The first kappa shape index (κ1) is 18.2. The van der Waals surface area contributed by atoms with Gasteiger partial charge in [-0.25, -0.2) is 0 Å². The minimum Gasteiger partial charge on any atom is -0.326 e. The topological polar surface area (TPSA) is 49.4 Å². The molecule has 1 N–H and O–H groups in total. The van der Waals surface area contributed by atoms with Gasteiger partial charge in [-0.1, -0.05) is 31.2 Å². The van der Waals surface area contributed by atoms with Crippen LogP contribution in [0.25, 0.3) is 0 Å². The van der Waals surface area contributed by atoms with Gasteiger partial charge < -0.3 is 10.2 Å². The summed E-state index contributed by atoms with van der Waals surface area (Å²) in [6.07, 6.45) is 4.12. The van der Waals surface area contributed by atoms with Crippen LogP contribution in [0.4, 0.5) is 11.4 Å². The zero-order chi connectivity index (χ0) is 18.5. The summed E-state index contributed by atoms with van der Waals surface area (Å²) in [6, 6.07) is 14.3. The molecule has 0 fully saturated rings. The molecule has 2 aromatic carbocycles. The predicted molar refractivity (Wildman–Crippen MR) is 106 cm³/mol. The summed E-state index contributed by atoms with van der Waals surface area (Å²) in [7, 11) is 0. The van der Waals surface area contributed by atoms with Crippen LogP contribution in [-0.4, -0.2) is 18.4 Å². The third-order valence-corrected chi connectivity index (χ3v) is 4.93. The zero-order valence-electron chi connectivity index (χ0n) is 15.5. The smallest absolute Gasteiger partial charge is 0.224 e. The van der Waals surface area contributed by atoms with Gasteiger partial charge in [-0.05, 0) is 60.6 Å². The molecule has 0 radical (unpaired) electrons. The Morgan fingerprint density at radius 3 is 2.50 bits per heavy atom. The Kier molecular flexibility index (Phi) is 5.71. The molecule has 0 unspecified atom stereocenters. The van der Waals surface area contributed by atoms with E-state index >= 15 is 0 Å². The number of nitrogens with one attached hydrogen (secondary N) is 1. The van der Waals surface area contributed by atoms with Crippen molar-refractivity contribution >= 4 is 23.2 Å². The van der Waals surface area contributed by atoms with E-state index in [-0.39, 0.29) is 11.8 Å². The molecule has 3 rings (SSSR count). The van der Waals surface area contributed by atoms with E-state index in [1.807, 2.05) is 23.1 Å². The van der Waals surface area contributed by atoms with Crippen molar-refractivity contribution < 1.29 is 9.59 Å². The highest BCUT2D eigenvalue weighted by Gasteiger charge is 2.20. The molecule has 26 heavy (non-hydrogen) atoms. The summed E-state index contributed by atoms with van der Waals surface area (Å²) in [5.41, 5.74) is 5.39. The van der Waals surface area contributed by atoms with Gasteiger partial charge in [-0.2, -0.15) is 0 Å². The van der Waals surface area contributed by atoms with Crippen molar-refractivity contribution in [3.8, 4) is 0 Å². The lowest BCUT2D eigenvalue weighted by Gasteiger charge is -2.29. The van der Waals surface area contributed by atoms with Crippen LogP contribution >= 0.6 is 0 Å². The molecule has 0 atom stereocenters. The highest BCUT2D eigenvalue weighted by Crippen LogP contribution is 2.29. The number of aryl methyl sites for hydroxylation is 3. The molecule has 1 aliphatic rings. The molecular formula is C22H26N2O2. The van der Waals surface area contributed by atoms with Crippen LogP contribution in [0.3, 0.4) is 0 Å². The number of fused-ring (bicyclic) bond motifs is 1. The summed E-state index contributed by atoms with van der Waals surface area (Å²) in [5.74, 6) is 0.0839. The van der Waals surface area contributed by atoms with E-state index in [0.29, 0.717) is 6.42 Å². The molecule has 0 spiro atoms. The molecular weight excluding hydrogens is 324 g/mol. The lowest BCUT2D eigenvalue weighted by atomic mass is 10.0. The average Bonchev–Trinajstić information content (AvgIpc) is 2.66. The highest BCUT2D eigenvalue weighted by molar-refractivity contribution is 5.94. The van der Waals surface area contributed by atoms with E-state index in [4.69, 9.17) is 0 Å². The maximum atomic E-state index is 12.3. The molecule has 136 valence electrons. The first-order chi connectivity index (χ1) is 12.6. The third-order valence-electron chi connectivity index (χ3n) is 4.93. The number of benzene rings is 2. The van der Waals surface area contributed by atoms with Crippen LogP contribution in [-0.2, 0) is 28.9 Å². The Morgan fingerprint density at radius 2 is 1.81 bits per heavy atom. The number of anilines is 2. The fourth-order valence-electron chi connectivity index (χ4n) is 3.42. The van der Waals surface area contributed by atoms with Crippen molar-refractivity contribution in [3.63, 3.8) is 0 Å². The highest BCUT2D eigenvalue weighted by atomic mass is 16.2. The second-order valence-corrected chi connectivity index (χ2v) is 6.84. The molecule has 2 amide bonds. The van der Waals surface area contributed by atoms with Gasteiger partial charge in [0.2, 0.25) is 11.8 Å². The minimum atomic E-state index is 0.0174. The number of hydrogen-bond donors (Lipinski definition) is 1. The molecule has 1 aliphatic heterocycles. The maximum absolute atomic E-state index is 12.3. The minimum absolute atomic E-state index is 0.0174. The van der Waals surface area contributed by atoms with Crippen molar-refractivity contribution in [2.75, 3.05) is 16.8 Å².